The first-order valence-corrected chi connectivity index (χ1v) is 16.1. The molecule has 1 saturated heterocycles. The Bertz CT molecular complexity index is 991. The monoisotopic (exact) mass is 511 g/mol. The summed E-state index contributed by atoms with van der Waals surface area (Å²) in [7, 11) is -1.82. The highest BCUT2D eigenvalue weighted by Gasteiger charge is 2.38. The van der Waals surface area contributed by atoms with Gasteiger partial charge in [-0.05, 0) is 82.4 Å². The number of amides is 1. The molecular formula is C28H45N5O2Si. The van der Waals surface area contributed by atoms with Crippen LogP contribution >= 0.6 is 0 Å². The van der Waals surface area contributed by atoms with Crippen LogP contribution in [0.5, 0.6) is 5.75 Å². The number of likely N-dealkylation sites (tertiary alicyclic amines) is 1. The number of aryl methyl sites for hydroxylation is 2. The van der Waals surface area contributed by atoms with Gasteiger partial charge in [0.2, 0.25) is 8.32 Å². The first-order chi connectivity index (χ1) is 16.9. The summed E-state index contributed by atoms with van der Waals surface area (Å²) >= 11 is 0. The van der Waals surface area contributed by atoms with E-state index in [1.807, 2.05) is 13.8 Å². The molecule has 2 N–H and O–H groups in total. The highest BCUT2D eigenvalue weighted by molar-refractivity contribution is 6.74. The molecule has 198 valence electrons. The molecule has 8 heteroatoms. The number of nitrogens with one attached hydrogen (secondary N) is 2. The maximum atomic E-state index is 12.6. The molecule has 1 aromatic carbocycles. The van der Waals surface area contributed by atoms with Gasteiger partial charge in [-0.25, -0.2) is 9.97 Å². The summed E-state index contributed by atoms with van der Waals surface area (Å²) < 4.78 is 6.41. The van der Waals surface area contributed by atoms with E-state index < -0.39 is 8.32 Å². The fourth-order valence-corrected chi connectivity index (χ4v) is 5.41. The molecule has 1 amide bonds. The van der Waals surface area contributed by atoms with Crippen LogP contribution in [0, 0.1) is 13.8 Å². The average Bonchev–Trinajstić information content (AvgIpc) is 2.80. The Kier molecular flexibility index (Phi) is 9.16. The van der Waals surface area contributed by atoms with Crippen LogP contribution in [0.4, 0.5) is 5.69 Å². The van der Waals surface area contributed by atoms with E-state index in [0.29, 0.717) is 24.2 Å². The maximum Gasteiger partial charge on any atom is 0.254 e. The second-order valence-corrected chi connectivity index (χ2v) is 16.4. The third-order valence-electron chi connectivity index (χ3n) is 7.86. The molecule has 1 atom stereocenters. The highest BCUT2D eigenvalue weighted by Crippen LogP contribution is 2.37. The Morgan fingerprint density at radius 3 is 2.25 bits per heavy atom. The Morgan fingerprint density at radius 2 is 1.69 bits per heavy atom. The number of carbonyl (C=O) groups is 1. The van der Waals surface area contributed by atoms with E-state index in [4.69, 9.17) is 4.43 Å². The van der Waals surface area contributed by atoms with Crippen molar-refractivity contribution in [3.8, 4) is 5.75 Å². The van der Waals surface area contributed by atoms with Crippen molar-refractivity contribution >= 4 is 19.9 Å². The van der Waals surface area contributed by atoms with E-state index in [9.17, 15) is 4.79 Å². The van der Waals surface area contributed by atoms with Crippen LogP contribution < -0.4 is 15.1 Å². The molecule has 2 heterocycles. The van der Waals surface area contributed by atoms with Gasteiger partial charge in [0.1, 0.15) is 12.1 Å². The molecule has 1 aliphatic rings. The number of hydrogen-bond acceptors (Lipinski definition) is 6. The van der Waals surface area contributed by atoms with Crippen molar-refractivity contribution in [1.29, 1.82) is 0 Å². The molecule has 1 aromatic heterocycles. The Morgan fingerprint density at radius 1 is 1.11 bits per heavy atom. The highest BCUT2D eigenvalue weighted by atomic mass is 28.4. The minimum atomic E-state index is -1.82. The SMILES string of the molecule is Cc1ncnc(C)c1C(=O)NCC[C@@H](C)N1CCC(Nc2ccc(O[Si](C)(C)C(C)(C)C)cc2)CC1. The van der Waals surface area contributed by atoms with Crippen molar-refractivity contribution < 1.29 is 9.22 Å². The summed E-state index contributed by atoms with van der Waals surface area (Å²) in [5, 5.41) is 6.95. The van der Waals surface area contributed by atoms with Crippen molar-refractivity contribution in [1.82, 2.24) is 20.2 Å². The molecule has 2 aromatic rings. The topological polar surface area (TPSA) is 79.4 Å². The Hall–Kier alpha value is -2.45. The largest absolute Gasteiger partial charge is 0.544 e. The van der Waals surface area contributed by atoms with Gasteiger partial charge in [-0.2, -0.15) is 0 Å². The lowest BCUT2D eigenvalue weighted by molar-refractivity contribution is 0.0943. The molecule has 0 aliphatic carbocycles. The summed E-state index contributed by atoms with van der Waals surface area (Å²) in [5.74, 6) is 0.884. The van der Waals surface area contributed by atoms with Crippen LogP contribution in [0.1, 0.15) is 68.7 Å². The van der Waals surface area contributed by atoms with E-state index in [2.05, 4.69) is 90.6 Å². The van der Waals surface area contributed by atoms with Gasteiger partial charge < -0.3 is 20.0 Å². The molecular weight excluding hydrogens is 466 g/mol. The molecule has 1 aliphatic heterocycles. The number of aromatic nitrogens is 2. The van der Waals surface area contributed by atoms with E-state index in [0.717, 1.165) is 55.2 Å². The maximum absolute atomic E-state index is 12.6. The zero-order chi connectivity index (χ0) is 26.5. The predicted octanol–water partition coefficient (Wildman–Crippen LogP) is 5.56. The summed E-state index contributed by atoms with van der Waals surface area (Å²) in [6, 6.07) is 9.37. The van der Waals surface area contributed by atoms with Crippen LogP contribution in [0.3, 0.4) is 0 Å². The van der Waals surface area contributed by atoms with Crippen LogP contribution in [0.15, 0.2) is 30.6 Å². The molecule has 0 spiro atoms. The zero-order valence-electron chi connectivity index (χ0n) is 23.4. The molecule has 36 heavy (non-hydrogen) atoms. The Labute approximate surface area is 218 Å². The van der Waals surface area contributed by atoms with Gasteiger partial charge in [0.15, 0.2) is 0 Å². The van der Waals surface area contributed by atoms with Crippen LogP contribution in [-0.4, -0.2) is 60.8 Å². The number of rotatable bonds is 9. The lowest BCUT2D eigenvalue weighted by Gasteiger charge is -2.37. The lowest BCUT2D eigenvalue weighted by atomic mass is 10.0. The number of carbonyl (C=O) groups excluding carboxylic acids is 1. The predicted molar refractivity (Wildman–Crippen MR) is 150 cm³/mol. The van der Waals surface area contributed by atoms with Crippen molar-refractivity contribution in [2.75, 3.05) is 25.0 Å². The number of benzene rings is 1. The molecule has 0 radical (unpaired) electrons. The first-order valence-electron chi connectivity index (χ1n) is 13.2. The van der Waals surface area contributed by atoms with Crippen molar-refractivity contribution in [2.45, 2.75) is 91.0 Å². The van der Waals surface area contributed by atoms with Crippen molar-refractivity contribution in [2.24, 2.45) is 0 Å². The van der Waals surface area contributed by atoms with Gasteiger partial charge in [0.05, 0.1) is 17.0 Å². The number of anilines is 1. The fraction of sp³-hybridized carbons (Fsp3) is 0.607. The summed E-state index contributed by atoms with van der Waals surface area (Å²) in [6.07, 6.45) is 4.64. The van der Waals surface area contributed by atoms with Gasteiger partial charge in [-0.3, -0.25) is 4.79 Å². The standard InChI is InChI=1S/C28H45N5O2Si/c1-20(13-16-29-27(34)26-21(2)30-19-31-22(26)3)33-17-14-24(15-18-33)32-23-9-11-25(12-10-23)35-36(7,8)28(4,5)6/h9-12,19-20,24,32H,13-18H2,1-8H3,(H,29,34)/t20-/m1/s1. The molecule has 0 bridgehead atoms. The molecule has 1 fully saturated rings. The van der Waals surface area contributed by atoms with Gasteiger partial charge in [0, 0.05) is 37.4 Å². The molecule has 0 saturated carbocycles. The first kappa shape index (κ1) is 28.1. The molecule has 7 nitrogen and oxygen atoms in total. The van der Waals surface area contributed by atoms with E-state index >= 15 is 0 Å². The smallest absolute Gasteiger partial charge is 0.254 e. The summed E-state index contributed by atoms with van der Waals surface area (Å²) in [5.41, 5.74) is 3.19. The van der Waals surface area contributed by atoms with Gasteiger partial charge in [0.25, 0.3) is 5.91 Å². The molecule has 0 unspecified atom stereocenters. The second kappa shape index (κ2) is 11.7. The number of nitrogens with zero attached hydrogens (tertiary/aromatic N) is 3. The Balaban J connectivity index is 1.40. The van der Waals surface area contributed by atoms with Crippen LogP contribution in [0.2, 0.25) is 18.1 Å². The number of piperidine rings is 1. The van der Waals surface area contributed by atoms with Gasteiger partial charge in [-0.1, -0.05) is 20.8 Å². The third kappa shape index (κ3) is 7.29. The normalized spacial score (nSPS) is 16.4. The van der Waals surface area contributed by atoms with Crippen LogP contribution in [-0.2, 0) is 0 Å². The fourth-order valence-electron chi connectivity index (χ4n) is 4.37. The quantitative estimate of drug-likeness (QED) is 0.429. The average molecular weight is 512 g/mol. The van der Waals surface area contributed by atoms with Crippen molar-refractivity contribution in [3.05, 3.63) is 47.5 Å². The van der Waals surface area contributed by atoms with E-state index in [-0.39, 0.29) is 10.9 Å². The minimum absolute atomic E-state index is 0.0820. The van der Waals surface area contributed by atoms with E-state index in [1.165, 1.54) is 6.33 Å². The van der Waals surface area contributed by atoms with Crippen LogP contribution in [0.25, 0.3) is 0 Å². The summed E-state index contributed by atoms with van der Waals surface area (Å²) in [4.78, 5) is 23.4. The number of hydrogen-bond donors (Lipinski definition) is 2. The van der Waals surface area contributed by atoms with Gasteiger partial charge in [-0.15, -0.1) is 0 Å². The minimum Gasteiger partial charge on any atom is -0.544 e. The van der Waals surface area contributed by atoms with Crippen molar-refractivity contribution in [3.63, 3.8) is 0 Å². The molecule has 3 rings (SSSR count). The third-order valence-corrected chi connectivity index (χ3v) is 12.2. The van der Waals surface area contributed by atoms with Gasteiger partial charge >= 0.3 is 0 Å². The van der Waals surface area contributed by atoms with E-state index in [1.54, 1.807) is 0 Å². The lowest BCUT2D eigenvalue weighted by Crippen LogP contribution is -2.44. The second-order valence-electron chi connectivity index (χ2n) is 11.7. The zero-order valence-corrected chi connectivity index (χ0v) is 24.4. The summed E-state index contributed by atoms with van der Waals surface area (Å²) in [6.45, 7) is 20.1.